The number of rotatable bonds is 5. The third kappa shape index (κ3) is 3.83. The van der Waals surface area contributed by atoms with Gasteiger partial charge in [-0.05, 0) is 54.8 Å². The number of halogens is 1. The minimum absolute atomic E-state index is 0.798. The van der Waals surface area contributed by atoms with E-state index in [0.717, 1.165) is 24.5 Å². The SMILES string of the molecule is Cc1cc(Cl)ccc1CNCCc1cccnc1. The van der Waals surface area contributed by atoms with Crippen molar-refractivity contribution in [3.63, 3.8) is 0 Å². The number of hydrogen-bond donors (Lipinski definition) is 1. The second-order valence-corrected chi connectivity index (χ2v) is 4.80. The minimum atomic E-state index is 0.798. The summed E-state index contributed by atoms with van der Waals surface area (Å²) in [5, 5.41) is 4.24. The summed E-state index contributed by atoms with van der Waals surface area (Å²) >= 11 is 5.93. The van der Waals surface area contributed by atoms with Gasteiger partial charge in [0, 0.05) is 24.0 Å². The van der Waals surface area contributed by atoms with Gasteiger partial charge >= 0.3 is 0 Å². The second kappa shape index (κ2) is 6.53. The van der Waals surface area contributed by atoms with Crippen molar-refractivity contribution in [1.29, 1.82) is 0 Å². The zero-order valence-electron chi connectivity index (χ0n) is 10.5. The van der Waals surface area contributed by atoms with Crippen LogP contribution in [0.4, 0.5) is 0 Å². The summed E-state index contributed by atoms with van der Waals surface area (Å²) in [6.45, 7) is 3.92. The lowest BCUT2D eigenvalue weighted by Crippen LogP contribution is -2.17. The number of pyridine rings is 1. The molecule has 0 spiro atoms. The Morgan fingerprint density at radius 2 is 2.17 bits per heavy atom. The maximum Gasteiger partial charge on any atom is 0.0408 e. The summed E-state index contributed by atoms with van der Waals surface area (Å²) in [6.07, 6.45) is 4.71. The summed E-state index contributed by atoms with van der Waals surface area (Å²) in [4.78, 5) is 4.10. The standard InChI is InChI=1S/C15H17ClN2/c1-12-9-15(16)5-4-14(12)11-18-8-6-13-3-2-7-17-10-13/h2-5,7,9-10,18H,6,8,11H2,1H3. The van der Waals surface area contributed by atoms with Gasteiger partial charge in [0.2, 0.25) is 0 Å². The molecule has 0 bridgehead atoms. The Kier molecular flexibility index (Phi) is 4.73. The molecule has 0 fully saturated rings. The van der Waals surface area contributed by atoms with Gasteiger partial charge in [-0.25, -0.2) is 0 Å². The van der Waals surface area contributed by atoms with Crippen molar-refractivity contribution in [3.8, 4) is 0 Å². The Labute approximate surface area is 113 Å². The average Bonchev–Trinajstić information content (AvgIpc) is 2.38. The molecule has 0 amide bonds. The van der Waals surface area contributed by atoms with Crippen LogP contribution in [0.25, 0.3) is 0 Å². The fraction of sp³-hybridized carbons (Fsp3) is 0.267. The number of nitrogens with zero attached hydrogens (tertiary/aromatic N) is 1. The molecular weight excluding hydrogens is 244 g/mol. The van der Waals surface area contributed by atoms with Crippen LogP contribution in [-0.2, 0) is 13.0 Å². The Morgan fingerprint density at radius 1 is 1.28 bits per heavy atom. The van der Waals surface area contributed by atoms with E-state index in [1.54, 1.807) is 6.20 Å². The van der Waals surface area contributed by atoms with Crippen LogP contribution in [0.3, 0.4) is 0 Å². The Hall–Kier alpha value is -1.38. The van der Waals surface area contributed by atoms with Crippen LogP contribution in [-0.4, -0.2) is 11.5 Å². The lowest BCUT2D eigenvalue weighted by Gasteiger charge is -2.08. The predicted octanol–water partition coefficient (Wildman–Crippen LogP) is 3.38. The lowest BCUT2D eigenvalue weighted by molar-refractivity contribution is 0.683. The first-order valence-electron chi connectivity index (χ1n) is 6.10. The van der Waals surface area contributed by atoms with Crippen molar-refractivity contribution >= 4 is 11.6 Å². The first-order chi connectivity index (χ1) is 8.75. The third-order valence-electron chi connectivity index (χ3n) is 2.93. The van der Waals surface area contributed by atoms with Crippen molar-refractivity contribution in [1.82, 2.24) is 10.3 Å². The highest BCUT2D eigenvalue weighted by Crippen LogP contribution is 2.14. The summed E-state index contributed by atoms with van der Waals surface area (Å²) in [5.41, 5.74) is 3.79. The molecule has 2 rings (SSSR count). The van der Waals surface area contributed by atoms with Gasteiger partial charge in [0.1, 0.15) is 0 Å². The van der Waals surface area contributed by atoms with Crippen LogP contribution >= 0.6 is 11.6 Å². The fourth-order valence-corrected chi connectivity index (χ4v) is 2.09. The first-order valence-corrected chi connectivity index (χ1v) is 6.48. The average molecular weight is 261 g/mol. The summed E-state index contributed by atoms with van der Waals surface area (Å²) in [5.74, 6) is 0. The van der Waals surface area contributed by atoms with E-state index in [1.807, 2.05) is 24.4 Å². The Bertz CT molecular complexity index is 497. The van der Waals surface area contributed by atoms with Crippen LogP contribution in [0.5, 0.6) is 0 Å². The molecule has 2 aromatic rings. The van der Waals surface area contributed by atoms with Crippen LogP contribution in [0.2, 0.25) is 5.02 Å². The predicted molar refractivity (Wildman–Crippen MR) is 75.8 cm³/mol. The number of aryl methyl sites for hydroxylation is 1. The van der Waals surface area contributed by atoms with E-state index in [9.17, 15) is 0 Å². The van der Waals surface area contributed by atoms with Gasteiger partial charge in [-0.15, -0.1) is 0 Å². The van der Waals surface area contributed by atoms with E-state index in [4.69, 9.17) is 11.6 Å². The molecular formula is C15H17ClN2. The monoisotopic (exact) mass is 260 g/mol. The van der Waals surface area contributed by atoms with E-state index in [2.05, 4.69) is 29.4 Å². The second-order valence-electron chi connectivity index (χ2n) is 4.36. The topological polar surface area (TPSA) is 24.9 Å². The maximum atomic E-state index is 5.93. The lowest BCUT2D eigenvalue weighted by atomic mass is 10.1. The Balaban J connectivity index is 1.79. The first kappa shape index (κ1) is 13.1. The zero-order valence-corrected chi connectivity index (χ0v) is 11.2. The third-order valence-corrected chi connectivity index (χ3v) is 3.17. The number of hydrogen-bond acceptors (Lipinski definition) is 2. The minimum Gasteiger partial charge on any atom is -0.312 e. The van der Waals surface area contributed by atoms with Crippen LogP contribution in [0, 0.1) is 6.92 Å². The van der Waals surface area contributed by atoms with E-state index < -0.39 is 0 Å². The number of benzene rings is 1. The molecule has 1 aromatic heterocycles. The van der Waals surface area contributed by atoms with Crippen molar-refractivity contribution in [2.24, 2.45) is 0 Å². The highest BCUT2D eigenvalue weighted by molar-refractivity contribution is 6.30. The number of nitrogens with one attached hydrogen (secondary N) is 1. The van der Waals surface area contributed by atoms with E-state index in [1.165, 1.54) is 16.7 Å². The summed E-state index contributed by atoms with van der Waals surface area (Å²) in [6, 6.07) is 10.1. The van der Waals surface area contributed by atoms with E-state index in [-0.39, 0.29) is 0 Å². The van der Waals surface area contributed by atoms with Gasteiger partial charge in [0.05, 0.1) is 0 Å². The molecule has 0 aliphatic rings. The van der Waals surface area contributed by atoms with Gasteiger partial charge in [-0.3, -0.25) is 4.98 Å². The number of aromatic nitrogens is 1. The molecule has 0 radical (unpaired) electrons. The summed E-state index contributed by atoms with van der Waals surface area (Å²) < 4.78 is 0. The van der Waals surface area contributed by atoms with Crippen LogP contribution in [0.15, 0.2) is 42.7 Å². The smallest absolute Gasteiger partial charge is 0.0408 e. The van der Waals surface area contributed by atoms with Crippen molar-refractivity contribution < 1.29 is 0 Å². The molecule has 2 nitrogen and oxygen atoms in total. The highest BCUT2D eigenvalue weighted by atomic mass is 35.5. The molecule has 94 valence electrons. The zero-order chi connectivity index (χ0) is 12.8. The maximum absolute atomic E-state index is 5.93. The van der Waals surface area contributed by atoms with Crippen molar-refractivity contribution in [3.05, 3.63) is 64.4 Å². The van der Waals surface area contributed by atoms with Crippen LogP contribution < -0.4 is 5.32 Å². The van der Waals surface area contributed by atoms with Crippen molar-refractivity contribution in [2.45, 2.75) is 19.9 Å². The van der Waals surface area contributed by atoms with E-state index in [0.29, 0.717) is 0 Å². The summed E-state index contributed by atoms with van der Waals surface area (Å²) in [7, 11) is 0. The molecule has 0 atom stereocenters. The molecule has 3 heteroatoms. The van der Waals surface area contributed by atoms with Gasteiger partial charge in [0.15, 0.2) is 0 Å². The molecule has 18 heavy (non-hydrogen) atoms. The van der Waals surface area contributed by atoms with Gasteiger partial charge in [0.25, 0.3) is 0 Å². The molecule has 0 saturated carbocycles. The van der Waals surface area contributed by atoms with Gasteiger partial charge in [-0.1, -0.05) is 23.7 Å². The molecule has 0 aliphatic heterocycles. The molecule has 1 N–H and O–H groups in total. The fourth-order valence-electron chi connectivity index (χ4n) is 1.86. The molecule has 0 aliphatic carbocycles. The quantitative estimate of drug-likeness (QED) is 0.834. The van der Waals surface area contributed by atoms with Gasteiger partial charge in [-0.2, -0.15) is 0 Å². The van der Waals surface area contributed by atoms with Crippen molar-refractivity contribution in [2.75, 3.05) is 6.54 Å². The molecule has 0 unspecified atom stereocenters. The van der Waals surface area contributed by atoms with Gasteiger partial charge < -0.3 is 5.32 Å². The highest BCUT2D eigenvalue weighted by Gasteiger charge is 1.99. The normalized spacial score (nSPS) is 10.6. The van der Waals surface area contributed by atoms with Crippen LogP contribution in [0.1, 0.15) is 16.7 Å². The molecule has 0 saturated heterocycles. The van der Waals surface area contributed by atoms with E-state index >= 15 is 0 Å². The molecule has 1 aromatic carbocycles. The Morgan fingerprint density at radius 3 is 2.89 bits per heavy atom. The largest absolute Gasteiger partial charge is 0.312 e. The molecule has 1 heterocycles.